The van der Waals surface area contributed by atoms with E-state index in [0.29, 0.717) is 11.3 Å². The van der Waals surface area contributed by atoms with Gasteiger partial charge in [-0.3, -0.25) is 4.79 Å². The lowest BCUT2D eigenvalue weighted by Gasteiger charge is -2.19. The van der Waals surface area contributed by atoms with Crippen LogP contribution in [-0.2, 0) is 11.2 Å². The number of carbonyl (C=O) groups excluding carboxylic acids is 1. The molecule has 0 aliphatic heterocycles. The van der Waals surface area contributed by atoms with E-state index in [1.807, 2.05) is 25.1 Å². The monoisotopic (exact) mass is 322 g/mol. The van der Waals surface area contributed by atoms with Gasteiger partial charge in [-0.2, -0.15) is 5.26 Å². The second kappa shape index (κ2) is 8.73. The van der Waals surface area contributed by atoms with Crippen molar-refractivity contribution in [2.45, 2.75) is 38.8 Å². The predicted octanol–water partition coefficient (Wildman–Crippen LogP) is 3.46. The number of aryl methyl sites for hydroxylation is 1. The summed E-state index contributed by atoms with van der Waals surface area (Å²) < 4.78 is 5.62. The van der Waals surface area contributed by atoms with Crippen molar-refractivity contribution in [3.05, 3.63) is 65.7 Å². The molecule has 0 unspecified atom stereocenters. The fraction of sp³-hybridized carbons (Fsp3) is 0.300. The highest BCUT2D eigenvalue weighted by molar-refractivity contribution is 5.81. The fourth-order valence-electron chi connectivity index (χ4n) is 2.36. The number of rotatable bonds is 7. The highest BCUT2D eigenvalue weighted by Gasteiger charge is 2.17. The van der Waals surface area contributed by atoms with Gasteiger partial charge in [0, 0.05) is 6.04 Å². The van der Waals surface area contributed by atoms with Crippen molar-refractivity contribution in [2.24, 2.45) is 0 Å². The zero-order valence-corrected chi connectivity index (χ0v) is 14.0. The molecule has 0 fully saturated rings. The number of benzene rings is 2. The molecule has 0 aliphatic carbocycles. The summed E-state index contributed by atoms with van der Waals surface area (Å²) >= 11 is 0. The lowest BCUT2D eigenvalue weighted by Crippen LogP contribution is -2.41. The molecule has 2 aromatic rings. The van der Waals surface area contributed by atoms with Gasteiger partial charge >= 0.3 is 0 Å². The number of nitrogens with one attached hydrogen (secondary N) is 1. The van der Waals surface area contributed by atoms with Crippen molar-refractivity contribution in [3.8, 4) is 11.8 Å². The van der Waals surface area contributed by atoms with E-state index in [-0.39, 0.29) is 11.9 Å². The van der Waals surface area contributed by atoms with Crippen LogP contribution in [0.3, 0.4) is 0 Å². The van der Waals surface area contributed by atoms with Crippen LogP contribution >= 0.6 is 0 Å². The second-order valence-corrected chi connectivity index (χ2v) is 5.83. The first-order chi connectivity index (χ1) is 11.6. The zero-order chi connectivity index (χ0) is 17.4. The number of hydrogen-bond acceptors (Lipinski definition) is 3. The molecular formula is C20H22N2O2. The van der Waals surface area contributed by atoms with Crippen LogP contribution in [0.4, 0.5) is 0 Å². The summed E-state index contributed by atoms with van der Waals surface area (Å²) in [6.45, 7) is 3.70. The van der Waals surface area contributed by atoms with Gasteiger partial charge in [0.1, 0.15) is 5.75 Å². The Bertz CT molecular complexity index is 707. The summed E-state index contributed by atoms with van der Waals surface area (Å²) in [6.07, 6.45) is 1.17. The Kier molecular flexibility index (Phi) is 6.39. The number of nitrogens with zero attached hydrogens (tertiary/aromatic N) is 1. The molecule has 4 nitrogen and oxygen atoms in total. The Labute approximate surface area is 143 Å². The molecule has 2 aromatic carbocycles. The molecule has 0 radical (unpaired) electrons. The van der Waals surface area contributed by atoms with Gasteiger partial charge in [0.05, 0.1) is 11.6 Å². The van der Waals surface area contributed by atoms with Crippen molar-refractivity contribution in [1.29, 1.82) is 5.26 Å². The molecule has 0 aromatic heterocycles. The number of carbonyl (C=O) groups is 1. The van der Waals surface area contributed by atoms with Gasteiger partial charge in [-0.1, -0.05) is 36.4 Å². The van der Waals surface area contributed by atoms with Crippen LogP contribution in [0.1, 0.15) is 31.4 Å². The summed E-state index contributed by atoms with van der Waals surface area (Å²) in [4.78, 5) is 12.2. The molecule has 4 heteroatoms. The Hall–Kier alpha value is -2.80. The van der Waals surface area contributed by atoms with Crippen LogP contribution in [0.25, 0.3) is 0 Å². The van der Waals surface area contributed by atoms with Crippen molar-refractivity contribution < 1.29 is 9.53 Å². The standard InChI is InChI=1S/C20H22N2O2/c1-15(11-12-17-7-4-3-5-8-17)22-20(23)16(2)24-19-10-6-9-18(13-19)14-21/h3-10,13,15-16H,11-12H2,1-2H3,(H,22,23)/t15-,16-/m1/s1. The molecule has 2 rings (SSSR count). The number of ether oxygens (including phenoxy) is 1. The molecule has 0 saturated heterocycles. The Morgan fingerprint density at radius 2 is 1.92 bits per heavy atom. The van der Waals surface area contributed by atoms with Crippen LogP contribution in [0.5, 0.6) is 5.75 Å². The Balaban J connectivity index is 1.81. The normalized spacial score (nSPS) is 12.7. The van der Waals surface area contributed by atoms with Gasteiger partial charge in [0.15, 0.2) is 6.10 Å². The molecule has 0 aliphatic rings. The first-order valence-corrected chi connectivity index (χ1v) is 8.09. The molecule has 0 saturated carbocycles. The van der Waals surface area contributed by atoms with Crippen LogP contribution in [0, 0.1) is 11.3 Å². The summed E-state index contributed by atoms with van der Waals surface area (Å²) in [5, 5.41) is 11.9. The highest BCUT2D eigenvalue weighted by atomic mass is 16.5. The first-order valence-electron chi connectivity index (χ1n) is 8.09. The maximum Gasteiger partial charge on any atom is 0.260 e. The molecule has 24 heavy (non-hydrogen) atoms. The minimum Gasteiger partial charge on any atom is -0.481 e. The SMILES string of the molecule is C[C@H](CCc1ccccc1)NC(=O)[C@@H](C)Oc1cccc(C#N)c1. The maximum atomic E-state index is 12.2. The van der Waals surface area contributed by atoms with E-state index in [2.05, 4.69) is 23.5 Å². The first kappa shape index (κ1) is 17.6. The third-order valence-corrected chi connectivity index (χ3v) is 3.74. The molecule has 0 heterocycles. The topological polar surface area (TPSA) is 62.1 Å². The predicted molar refractivity (Wildman–Crippen MR) is 93.6 cm³/mol. The smallest absolute Gasteiger partial charge is 0.260 e. The third-order valence-electron chi connectivity index (χ3n) is 3.74. The summed E-state index contributed by atoms with van der Waals surface area (Å²) in [5.74, 6) is 0.367. The van der Waals surface area contributed by atoms with E-state index in [9.17, 15) is 4.79 Å². The van der Waals surface area contributed by atoms with Crippen LogP contribution in [0.2, 0.25) is 0 Å². The van der Waals surface area contributed by atoms with Crippen molar-refractivity contribution in [2.75, 3.05) is 0 Å². The van der Waals surface area contributed by atoms with Gasteiger partial charge in [-0.25, -0.2) is 0 Å². The molecule has 0 bridgehead atoms. The van der Waals surface area contributed by atoms with Crippen molar-refractivity contribution in [1.82, 2.24) is 5.32 Å². The fourth-order valence-corrected chi connectivity index (χ4v) is 2.36. The van der Waals surface area contributed by atoms with Gasteiger partial charge in [-0.05, 0) is 50.5 Å². The van der Waals surface area contributed by atoms with Crippen LogP contribution < -0.4 is 10.1 Å². The van der Waals surface area contributed by atoms with E-state index < -0.39 is 6.10 Å². The van der Waals surface area contributed by atoms with E-state index in [1.165, 1.54) is 5.56 Å². The van der Waals surface area contributed by atoms with Crippen LogP contribution in [-0.4, -0.2) is 18.1 Å². The average molecular weight is 322 g/mol. The average Bonchev–Trinajstić information content (AvgIpc) is 2.61. The molecular weight excluding hydrogens is 300 g/mol. The van der Waals surface area contributed by atoms with Gasteiger partial charge in [0.25, 0.3) is 5.91 Å². The summed E-state index contributed by atoms with van der Waals surface area (Å²) in [6, 6.07) is 19.1. The minimum absolute atomic E-state index is 0.0641. The number of nitriles is 1. The summed E-state index contributed by atoms with van der Waals surface area (Å²) in [7, 11) is 0. The lowest BCUT2D eigenvalue weighted by molar-refractivity contribution is -0.127. The lowest BCUT2D eigenvalue weighted by atomic mass is 10.1. The Morgan fingerprint density at radius 3 is 2.62 bits per heavy atom. The molecule has 124 valence electrons. The van der Waals surface area contributed by atoms with Gasteiger partial charge in [0.2, 0.25) is 0 Å². The van der Waals surface area contributed by atoms with Crippen molar-refractivity contribution >= 4 is 5.91 Å². The van der Waals surface area contributed by atoms with E-state index in [0.717, 1.165) is 12.8 Å². The molecule has 1 N–H and O–H groups in total. The number of hydrogen-bond donors (Lipinski definition) is 1. The van der Waals surface area contributed by atoms with Crippen molar-refractivity contribution in [3.63, 3.8) is 0 Å². The maximum absolute atomic E-state index is 12.2. The highest BCUT2D eigenvalue weighted by Crippen LogP contribution is 2.14. The van der Waals surface area contributed by atoms with E-state index in [1.54, 1.807) is 31.2 Å². The van der Waals surface area contributed by atoms with Gasteiger partial charge < -0.3 is 10.1 Å². The molecule has 0 spiro atoms. The third kappa shape index (κ3) is 5.44. The zero-order valence-electron chi connectivity index (χ0n) is 14.0. The van der Waals surface area contributed by atoms with E-state index >= 15 is 0 Å². The van der Waals surface area contributed by atoms with E-state index in [4.69, 9.17) is 10.00 Å². The second-order valence-electron chi connectivity index (χ2n) is 5.83. The number of amides is 1. The van der Waals surface area contributed by atoms with Gasteiger partial charge in [-0.15, -0.1) is 0 Å². The van der Waals surface area contributed by atoms with Crippen LogP contribution in [0.15, 0.2) is 54.6 Å². The summed E-state index contributed by atoms with van der Waals surface area (Å²) in [5.41, 5.74) is 1.77. The quantitative estimate of drug-likeness (QED) is 0.849. The molecule has 2 atom stereocenters. The minimum atomic E-state index is -0.613. The molecule has 1 amide bonds. The Morgan fingerprint density at radius 1 is 1.17 bits per heavy atom. The largest absolute Gasteiger partial charge is 0.481 e.